The first kappa shape index (κ1) is 15.2. The van der Waals surface area contributed by atoms with Crippen molar-refractivity contribution in [3.63, 3.8) is 0 Å². The van der Waals surface area contributed by atoms with Gasteiger partial charge in [-0.1, -0.05) is 31.2 Å². The van der Waals surface area contributed by atoms with E-state index >= 15 is 0 Å². The zero-order valence-electron chi connectivity index (χ0n) is 12.4. The number of aromatic nitrogens is 1. The van der Waals surface area contributed by atoms with E-state index < -0.39 is 0 Å². The van der Waals surface area contributed by atoms with Crippen molar-refractivity contribution in [1.82, 2.24) is 10.3 Å². The Bertz CT molecular complexity index is 611. The van der Waals surface area contributed by atoms with Gasteiger partial charge in [-0.3, -0.25) is 4.98 Å². The number of carbonyl (C=O) groups excluding carboxylic acids is 1. The quantitative estimate of drug-likeness (QED) is 0.829. The van der Waals surface area contributed by atoms with E-state index in [1.165, 1.54) is 12.7 Å². The highest BCUT2D eigenvalue weighted by Gasteiger charge is 2.10. The summed E-state index contributed by atoms with van der Waals surface area (Å²) in [6, 6.07) is 11.5. The maximum absolute atomic E-state index is 11.7. The van der Waals surface area contributed by atoms with Crippen molar-refractivity contribution in [2.45, 2.75) is 26.4 Å². The fraction of sp³-hybridized carbons (Fsp3) is 0.294. The van der Waals surface area contributed by atoms with Crippen LogP contribution in [0.2, 0.25) is 0 Å². The van der Waals surface area contributed by atoms with Gasteiger partial charge in [0.25, 0.3) is 0 Å². The van der Waals surface area contributed by atoms with Crippen LogP contribution in [-0.2, 0) is 24.2 Å². The van der Waals surface area contributed by atoms with Crippen molar-refractivity contribution in [2.24, 2.45) is 0 Å². The minimum Gasteiger partial charge on any atom is -0.465 e. The number of nitrogens with zero attached hydrogens (tertiary/aromatic N) is 1. The number of methoxy groups -OCH3 is 1. The second-order valence-electron chi connectivity index (χ2n) is 4.72. The fourth-order valence-corrected chi connectivity index (χ4v) is 2.25. The third-order valence-electron chi connectivity index (χ3n) is 3.40. The smallest absolute Gasteiger partial charge is 0.338 e. The van der Waals surface area contributed by atoms with Crippen LogP contribution in [0.1, 0.15) is 34.1 Å². The Morgan fingerprint density at radius 2 is 1.90 bits per heavy atom. The monoisotopic (exact) mass is 284 g/mol. The number of carbonyl (C=O) groups is 1. The number of rotatable bonds is 6. The maximum Gasteiger partial charge on any atom is 0.338 e. The van der Waals surface area contributed by atoms with Gasteiger partial charge in [0.2, 0.25) is 0 Å². The first-order valence-electron chi connectivity index (χ1n) is 7.06. The Balaban J connectivity index is 2.02. The number of benzene rings is 1. The molecule has 1 heterocycles. The van der Waals surface area contributed by atoms with E-state index in [-0.39, 0.29) is 5.97 Å². The Morgan fingerprint density at radius 1 is 1.14 bits per heavy atom. The van der Waals surface area contributed by atoms with Crippen LogP contribution in [0.3, 0.4) is 0 Å². The number of hydrogen-bond acceptors (Lipinski definition) is 4. The molecule has 0 aliphatic rings. The third kappa shape index (κ3) is 3.89. The van der Waals surface area contributed by atoms with Crippen molar-refractivity contribution < 1.29 is 9.53 Å². The molecular formula is C17H20N2O2. The lowest BCUT2D eigenvalue weighted by molar-refractivity contribution is 0.0599. The van der Waals surface area contributed by atoms with Crippen LogP contribution in [0.25, 0.3) is 0 Å². The van der Waals surface area contributed by atoms with Gasteiger partial charge in [0.15, 0.2) is 0 Å². The number of ether oxygens (including phenoxy) is 1. The first-order valence-corrected chi connectivity index (χ1v) is 7.06. The summed E-state index contributed by atoms with van der Waals surface area (Å²) in [5, 5.41) is 3.34. The van der Waals surface area contributed by atoms with Crippen LogP contribution in [0.5, 0.6) is 0 Å². The number of hydrogen-bond donors (Lipinski definition) is 1. The van der Waals surface area contributed by atoms with Crippen molar-refractivity contribution in [2.75, 3.05) is 7.11 Å². The van der Waals surface area contributed by atoms with Crippen molar-refractivity contribution in [3.8, 4) is 0 Å². The summed E-state index contributed by atoms with van der Waals surface area (Å²) in [5.74, 6) is -0.306. The summed E-state index contributed by atoms with van der Waals surface area (Å²) < 4.78 is 4.80. The molecule has 4 heteroatoms. The Hall–Kier alpha value is -2.20. The molecule has 0 unspecified atom stereocenters. The number of aryl methyl sites for hydroxylation is 1. The molecule has 2 aromatic rings. The summed E-state index contributed by atoms with van der Waals surface area (Å²) in [6.07, 6.45) is 2.77. The van der Waals surface area contributed by atoms with Crippen LogP contribution in [-0.4, -0.2) is 18.1 Å². The molecule has 1 N–H and O–H groups in total. The summed E-state index contributed by atoms with van der Waals surface area (Å²) in [6.45, 7) is 3.40. The molecule has 0 saturated carbocycles. The molecular weight excluding hydrogens is 264 g/mol. The molecule has 2 rings (SSSR count). The van der Waals surface area contributed by atoms with E-state index in [9.17, 15) is 4.79 Å². The molecule has 0 aliphatic heterocycles. The van der Waals surface area contributed by atoms with Gasteiger partial charge in [-0.2, -0.15) is 0 Å². The van der Waals surface area contributed by atoms with Crippen LogP contribution >= 0.6 is 0 Å². The second kappa shape index (κ2) is 7.55. The highest BCUT2D eigenvalue weighted by atomic mass is 16.5. The molecule has 110 valence electrons. The van der Waals surface area contributed by atoms with Gasteiger partial charge in [0.1, 0.15) is 0 Å². The van der Waals surface area contributed by atoms with Gasteiger partial charge in [-0.25, -0.2) is 4.79 Å². The zero-order chi connectivity index (χ0) is 15.1. The molecule has 0 amide bonds. The third-order valence-corrected chi connectivity index (χ3v) is 3.40. The van der Waals surface area contributed by atoms with E-state index in [2.05, 4.69) is 23.3 Å². The minimum absolute atomic E-state index is 0.306. The maximum atomic E-state index is 11.7. The van der Waals surface area contributed by atoms with E-state index in [4.69, 9.17) is 4.74 Å². The predicted octanol–water partition coefficient (Wildman–Crippen LogP) is 2.72. The van der Waals surface area contributed by atoms with Gasteiger partial charge in [-0.15, -0.1) is 0 Å². The van der Waals surface area contributed by atoms with E-state index in [0.29, 0.717) is 18.7 Å². The highest BCUT2D eigenvalue weighted by molar-refractivity contribution is 5.90. The van der Waals surface area contributed by atoms with E-state index in [0.717, 1.165) is 17.7 Å². The Kier molecular flexibility index (Phi) is 5.46. The molecule has 4 nitrogen and oxygen atoms in total. The largest absolute Gasteiger partial charge is 0.465 e. The van der Waals surface area contributed by atoms with Gasteiger partial charge >= 0.3 is 5.97 Å². The summed E-state index contributed by atoms with van der Waals surface area (Å²) in [5.41, 5.74) is 3.82. The Morgan fingerprint density at radius 3 is 2.67 bits per heavy atom. The molecule has 0 radical (unpaired) electrons. The lowest BCUT2D eigenvalue weighted by Crippen LogP contribution is -2.17. The lowest BCUT2D eigenvalue weighted by Gasteiger charge is -2.10. The van der Waals surface area contributed by atoms with E-state index in [1.54, 1.807) is 12.3 Å². The molecule has 0 spiro atoms. The topological polar surface area (TPSA) is 51.2 Å². The van der Waals surface area contributed by atoms with Crippen molar-refractivity contribution >= 4 is 5.97 Å². The number of pyridine rings is 1. The summed E-state index contributed by atoms with van der Waals surface area (Å²) >= 11 is 0. The van der Waals surface area contributed by atoms with Gasteiger partial charge in [0.05, 0.1) is 18.4 Å². The summed E-state index contributed by atoms with van der Waals surface area (Å²) in [4.78, 5) is 16.1. The molecule has 21 heavy (non-hydrogen) atoms. The van der Waals surface area contributed by atoms with Crippen molar-refractivity contribution in [3.05, 3.63) is 65.0 Å². The van der Waals surface area contributed by atoms with Gasteiger partial charge < -0.3 is 10.1 Å². The van der Waals surface area contributed by atoms with E-state index in [1.807, 2.05) is 24.3 Å². The average Bonchev–Trinajstić information content (AvgIpc) is 2.55. The normalized spacial score (nSPS) is 10.4. The molecule has 0 bridgehead atoms. The lowest BCUT2D eigenvalue weighted by atomic mass is 10.1. The second-order valence-corrected chi connectivity index (χ2v) is 4.72. The molecule has 1 aromatic carbocycles. The standard InChI is InChI=1S/C17H20N2O2/c1-3-13-8-6-10-19-16(13)12-18-11-14-7-4-5-9-15(14)17(20)21-2/h4-10,18H,3,11-12H2,1-2H3. The predicted molar refractivity (Wildman–Crippen MR) is 81.9 cm³/mol. The minimum atomic E-state index is -0.306. The highest BCUT2D eigenvalue weighted by Crippen LogP contribution is 2.11. The molecule has 0 saturated heterocycles. The SMILES string of the molecule is CCc1cccnc1CNCc1ccccc1C(=O)OC. The number of nitrogens with one attached hydrogen (secondary N) is 1. The van der Waals surface area contributed by atoms with Crippen LogP contribution in [0.15, 0.2) is 42.6 Å². The van der Waals surface area contributed by atoms with Crippen LogP contribution in [0.4, 0.5) is 0 Å². The summed E-state index contributed by atoms with van der Waals surface area (Å²) in [7, 11) is 1.40. The number of esters is 1. The van der Waals surface area contributed by atoms with Crippen LogP contribution < -0.4 is 5.32 Å². The average molecular weight is 284 g/mol. The van der Waals surface area contributed by atoms with Crippen molar-refractivity contribution in [1.29, 1.82) is 0 Å². The van der Waals surface area contributed by atoms with Crippen LogP contribution in [0, 0.1) is 0 Å². The van der Waals surface area contributed by atoms with Gasteiger partial charge in [0, 0.05) is 19.3 Å². The fourth-order valence-electron chi connectivity index (χ4n) is 2.25. The first-order chi connectivity index (χ1) is 10.3. The zero-order valence-corrected chi connectivity index (χ0v) is 12.4. The molecule has 0 aliphatic carbocycles. The van der Waals surface area contributed by atoms with Gasteiger partial charge in [-0.05, 0) is 29.7 Å². The molecule has 0 fully saturated rings. The Labute approximate surface area is 125 Å². The molecule has 1 aromatic heterocycles. The molecule has 0 atom stereocenters.